The van der Waals surface area contributed by atoms with E-state index < -0.39 is 34.1 Å². The molecule has 0 aliphatic carbocycles. The van der Waals surface area contributed by atoms with Crippen LogP contribution in [0, 0.1) is 29.9 Å². The molecular weight excluding hydrogens is 256 g/mol. The minimum atomic E-state index is -1.03. The molecular formula is C12H7F2N3O2. The Balaban J connectivity index is 2.82. The van der Waals surface area contributed by atoms with Gasteiger partial charge in [0.1, 0.15) is 17.7 Å². The number of hydrogen-bond acceptors (Lipinski definition) is 3. The standard InChI is InChI=1S/C12H7F2N3O2/c1-6-2-11(18)17(12(19)16-6)10-4-8(13)7(5-15)3-9(10)14/h2-4H,1H3,(H,16,19). The maximum atomic E-state index is 13.7. The minimum absolute atomic E-state index is 0.306. The second kappa shape index (κ2) is 4.49. The van der Waals surface area contributed by atoms with Crippen molar-refractivity contribution in [3.8, 4) is 11.8 Å². The topological polar surface area (TPSA) is 78.7 Å². The van der Waals surface area contributed by atoms with Crippen LogP contribution in [0.2, 0.25) is 0 Å². The van der Waals surface area contributed by atoms with Crippen molar-refractivity contribution in [1.29, 1.82) is 5.26 Å². The lowest BCUT2D eigenvalue weighted by Gasteiger charge is -2.07. The largest absolute Gasteiger partial charge is 0.333 e. The summed E-state index contributed by atoms with van der Waals surface area (Å²) in [6, 6.07) is 3.82. The van der Waals surface area contributed by atoms with Crippen molar-refractivity contribution in [2.75, 3.05) is 0 Å². The normalized spacial score (nSPS) is 10.2. The lowest BCUT2D eigenvalue weighted by atomic mass is 10.2. The molecule has 0 aliphatic heterocycles. The molecule has 0 spiro atoms. The Morgan fingerprint density at radius 1 is 1.21 bits per heavy atom. The quantitative estimate of drug-likeness (QED) is 0.833. The van der Waals surface area contributed by atoms with Crippen LogP contribution < -0.4 is 11.2 Å². The summed E-state index contributed by atoms with van der Waals surface area (Å²) in [6.45, 7) is 1.49. The van der Waals surface area contributed by atoms with Crippen molar-refractivity contribution in [2.45, 2.75) is 6.92 Å². The van der Waals surface area contributed by atoms with Crippen molar-refractivity contribution in [3.05, 3.63) is 61.9 Å². The highest BCUT2D eigenvalue weighted by atomic mass is 19.1. The summed E-state index contributed by atoms with van der Waals surface area (Å²) in [5.41, 5.74) is -2.40. The van der Waals surface area contributed by atoms with Gasteiger partial charge in [0, 0.05) is 17.8 Å². The average molecular weight is 263 g/mol. The number of halogens is 2. The summed E-state index contributed by atoms with van der Waals surface area (Å²) in [4.78, 5) is 25.6. The molecule has 96 valence electrons. The Bertz CT molecular complexity index is 784. The molecule has 0 radical (unpaired) electrons. The number of aryl methyl sites for hydroxylation is 1. The first kappa shape index (κ1) is 12.7. The monoisotopic (exact) mass is 263 g/mol. The van der Waals surface area contributed by atoms with Gasteiger partial charge in [-0.15, -0.1) is 0 Å². The van der Waals surface area contributed by atoms with Gasteiger partial charge in [-0.1, -0.05) is 0 Å². The van der Waals surface area contributed by atoms with Gasteiger partial charge in [0.05, 0.1) is 11.3 Å². The molecule has 2 rings (SSSR count). The third-order valence-electron chi connectivity index (χ3n) is 2.47. The number of nitrogens with zero attached hydrogens (tertiary/aromatic N) is 2. The smallest absolute Gasteiger partial charge is 0.311 e. The van der Waals surface area contributed by atoms with E-state index >= 15 is 0 Å². The van der Waals surface area contributed by atoms with E-state index in [-0.39, 0.29) is 0 Å². The van der Waals surface area contributed by atoms with E-state index in [0.29, 0.717) is 22.4 Å². The zero-order chi connectivity index (χ0) is 14.2. The number of rotatable bonds is 1. The Kier molecular flexibility index (Phi) is 3.00. The first-order chi connectivity index (χ1) is 8.93. The summed E-state index contributed by atoms with van der Waals surface area (Å²) in [5.74, 6) is -2.04. The van der Waals surface area contributed by atoms with Gasteiger partial charge in [-0.3, -0.25) is 4.79 Å². The summed E-state index contributed by atoms with van der Waals surface area (Å²) < 4.78 is 27.6. The van der Waals surface area contributed by atoms with E-state index in [2.05, 4.69) is 4.98 Å². The van der Waals surface area contributed by atoms with Gasteiger partial charge < -0.3 is 4.98 Å². The highest BCUT2D eigenvalue weighted by molar-refractivity contribution is 5.42. The molecule has 7 heteroatoms. The number of nitrogens with one attached hydrogen (secondary N) is 1. The van der Waals surface area contributed by atoms with E-state index in [1.165, 1.54) is 13.0 Å². The van der Waals surface area contributed by atoms with Crippen molar-refractivity contribution >= 4 is 0 Å². The SMILES string of the molecule is Cc1cc(=O)n(-c2cc(F)c(C#N)cc2F)c(=O)[nH]1. The molecule has 0 unspecified atom stereocenters. The molecule has 0 atom stereocenters. The first-order valence-electron chi connectivity index (χ1n) is 5.16. The van der Waals surface area contributed by atoms with Crippen molar-refractivity contribution in [2.24, 2.45) is 0 Å². The Hall–Kier alpha value is -2.75. The highest BCUT2D eigenvalue weighted by Crippen LogP contribution is 2.15. The van der Waals surface area contributed by atoms with Crippen LogP contribution in [-0.2, 0) is 0 Å². The number of aromatic nitrogens is 2. The molecule has 0 amide bonds. The van der Waals surface area contributed by atoms with Gasteiger partial charge in [-0.05, 0) is 13.0 Å². The second-order valence-corrected chi connectivity index (χ2v) is 3.83. The van der Waals surface area contributed by atoms with Gasteiger partial charge in [-0.25, -0.2) is 18.1 Å². The fourth-order valence-electron chi connectivity index (χ4n) is 1.63. The number of hydrogen-bond donors (Lipinski definition) is 1. The van der Waals surface area contributed by atoms with Crippen LogP contribution in [0.15, 0.2) is 27.8 Å². The summed E-state index contributed by atoms with van der Waals surface area (Å²) >= 11 is 0. The summed E-state index contributed by atoms with van der Waals surface area (Å²) in [7, 11) is 0. The molecule has 0 saturated carbocycles. The third-order valence-corrected chi connectivity index (χ3v) is 2.47. The molecule has 1 aromatic carbocycles. The van der Waals surface area contributed by atoms with Crippen LogP contribution >= 0.6 is 0 Å². The molecule has 0 bridgehead atoms. The summed E-state index contributed by atoms with van der Waals surface area (Å²) in [5, 5.41) is 8.56. The van der Waals surface area contributed by atoms with E-state index in [0.717, 1.165) is 6.07 Å². The molecule has 0 saturated heterocycles. The Labute approximate surface area is 105 Å². The first-order valence-corrected chi connectivity index (χ1v) is 5.16. The van der Waals surface area contributed by atoms with Crippen molar-refractivity contribution < 1.29 is 8.78 Å². The predicted octanol–water partition coefficient (Wildman–Crippen LogP) is 0.984. The van der Waals surface area contributed by atoms with Crippen LogP contribution in [0.3, 0.4) is 0 Å². The zero-order valence-electron chi connectivity index (χ0n) is 9.70. The average Bonchev–Trinajstić information content (AvgIpc) is 2.31. The van der Waals surface area contributed by atoms with Crippen LogP contribution in [0.4, 0.5) is 8.78 Å². The van der Waals surface area contributed by atoms with Crippen molar-refractivity contribution in [1.82, 2.24) is 9.55 Å². The molecule has 1 heterocycles. The molecule has 0 fully saturated rings. The fourth-order valence-corrected chi connectivity index (χ4v) is 1.63. The third kappa shape index (κ3) is 2.15. The Morgan fingerprint density at radius 2 is 1.89 bits per heavy atom. The summed E-state index contributed by atoms with van der Waals surface area (Å²) in [6.07, 6.45) is 0. The van der Waals surface area contributed by atoms with Crippen molar-refractivity contribution in [3.63, 3.8) is 0 Å². The van der Waals surface area contributed by atoms with E-state index in [4.69, 9.17) is 5.26 Å². The molecule has 1 N–H and O–H groups in total. The lowest BCUT2D eigenvalue weighted by Crippen LogP contribution is -2.34. The van der Waals surface area contributed by atoms with E-state index in [1.807, 2.05) is 0 Å². The number of H-pyrrole nitrogens is 1. The maximum Gasteiger partial charge on any atom is 0.333 e. The van der Waals surface area contributed by atoms with Gasteiger partial charge in [0.15, 0.2) is 0 Å². The number of aromatic amines is 1. The lowest BCUT2D eigenvalue weighted by molar-refractivity contribution is 0.585. The van der Waals surface area contributed by atoms with Crippen LogP contribution in [0.5, 0.6) is 0 Å². The van der Waals surface area contributed by atoms with Crippen LogP contribution in [-0.4, -0.2) is 9.55 Å². The van der Waals surface area contributed by atoms with Crippen LogP contribution in [0.25, 0.3) is 5.69 Å². The number of nitriles is 1. The number of benzene rings is 1. The highest BCUT2D eigenvalue weighted by Gasteiger charge is 2.14. The predicted molar refractivity (Wildman–Crippen MR) is 62.0 cm³/mol. The molecule has 19 heavy (non-hydrogen) atoms. The van der Waals surface area contributed by atoms with Gasteiger partial charge in [0.2, 0.25) is 0 Å². The fraction of sp³-hybridized carbons (Fsp3) is 0.0833. The second-order valence-electron chi connectivity index (χ2n) is 3.83. The molecule has 2 aromatic rings. The van der Waals surface area contributed by atoms with Gasteiger partial charge >= 0.3 is 5.69 Å². The van der Waals surface area contributed by atoms with Crippen LogP contribution in [0.1, 0.15) is 11.3 Å². The zero-order valence-corrected chi connectivity index (χ0v) is 9.70. The van der Waals surface area contributed by atoms with Gasteiger partial charge in [-0.2, -0.15) is 5.26 Å². The van der Waals surface area contributed by atoms with Gasteiger partial charge in [0.25, 0.3) is 5.56 Å². The maximum absolute atomic E-state index is 13.7. The Morgan fingerprint density at radius 3 is 2.47 bits per heavy atom. The van der Waals surface area contributed by atoms with E-state index in [9.17, 15) is 18.4 Å². The molecule has 5 nitrogen and oxygen atoms in total. The minimum Gasteiger partial charge on any atom is -0.311 e. The van der Waals surface area contributed by atoms with E-state index in [1.54, 1.807) is 0 Å². The molecule has 0 aliphatic rings. The molecule has 1 aromatic heterocycles.